The fourth-order valence-corrected chi connectivity index (χ4v) is 4.27. The third-order valence-electron chi connectivity index (χ3n) is 5.91. The lowest BCUT2D eigenvalue weighted by atomic mass is 9.91. The number of anilines is 1. The van der Waals surface area contributed by atoms with E-state index in [2.05, 4.69) is 60.0 Å². The molecule has 0 spiro atoms. The van der Waals surface area contributed by atoms with Crippen LogP contribution in [0, 0.1) is 25.2 Å². The first-order valence-electron chi connectivity index (χ1n) is 11.1. The summed E-state index contributed by atoms with van der Waals surface area (Å²) >= 11 is 0. The van der Waals surface area contributed by atoms with E-state index in [1.54, 1.807) is 6.20 Å². The van der Waals surface area contributed by atoms with Crippen LogP contribution in [0.1, 0.15) is 37.9 Å². The lowest BCUT2D eigenvalue weighted by Crippen LogP contribution is -2.45. The van der Waals surface area contributed by atoms with E-state index in [0.717, 1.165) is 55.2 Å². The van der Waals surface area contributed by atoms with Gasteiger partial charge in [-0.15, -0.1) is 0 Å². The Morgan fingerprint density at radius 3 is 2.52 bits per heavy atom. The van der Waals surface area contributed by atoms with Crippen LogP contribution in [0.15, 0.2) is 24.4 Å². The number of nitrogens with zero attached hydrogens (tertiary/aromatic N) is 5. The van der Waals surface area contributed by atoms with Gasteiger partial charge >= 0.3 is 0 Å². The van der Waals surface area contributed by atoms with Gasteiger partial charge in [-0.05, 0) is 58.3 Å². The zero-order valence-electron chi connectivity index (χ0n) is 19.8. The van der Waals surface area contributed by atoms with Gasteiger partial charge in [0.1, 0.15) is 11.5 Å². The highest BCUT2D eigenvalue weighted by atomic mass is 16.1. The molecule has 31 heavy (non-hydrogen) atoms. The number of hydrogen-bond acceptors (Lipinski definition) is 6. The Morgan fingerprint density at radius 1 is 1.19 bits per heavy atom. The summed E-state index contributed by atoms with van der Waals surface area (Å²) in [6, 6.07) is 5.77. The second-order valence-electron chi connectivity index (χ2n) is 9.68. The van der Waals surface area contributed by atoms with Gasteiger partial charge in [-0.3, -0.25) is 9.78 Å². The minimum atomic E-state index is 0.0529. The minimum absolute atomic E-state index is 0.0529. The number of rotatable bonds is 7. The number of nitrogens with one attached hydrogen (secondary N) is 1. The van der Waals surface area contributed by atoms with Gasteiger partial charge in [-0.1, -0.05) is 19.9 Å². The maximum atomic E-state index is 12.8. The van der Waals surface area contributed by atoms with Crippen LogP contribution in [0.4, 0.5) is 5.82 Å². The highest BCUT2D eigenvalue weighted by Gasteiger charge is 2.28. The van der Waals surface area contributed by atoms with Crippen molar-refractivity contribution < 1.29 is 4.79 Å². The number of carbonyl (C=O) groups is 1. The number of aromatic nitrogens is 3. The van der Waals surface area contributed by atoms with Gasteiger partial charge in [0.05, 0.1) is 0 Å². The van der Waals surface area contributed by atoms with Gasteiger partial charge in [-0.2, -0.15) is 0 Å². The van der Waals surface area contributed by atoms with Crippen molar-refractivity contribution in [3.05, 3.63) is 35.7 Å². The molecule has 7 heteroatoms. The molecule has 1 amide bonds. The summed E-state index contributed by atoms with van der Waals surface area (Å²) in [6.45, 7) is 11.7. The third-order valence-corrected chi connectivity index (χ3v) is 5.91. The van der Waals surface area contributed by atoms with Crippen molar-refractivity contribution in [2.45, 2.75) is 40.5 Å². The molecule has 1 aliphatic heterocycles. The van der Waals surface area contributed by atoms with Gasteiger partial charge in [0, 0.05) is 49.6 Å². The molecule has 1 aliphatic rings. The monoisotopic (exact) mass is 424 g/mol. The summed E-state index contributed by atoms with van der Waals surface area (Å²) in [5.41, 5.74) is 2.89. The number of amides is 1. The quantitative estimate of drug-likeness (QED) is 0.736. The van der Waals surface area contributed by atoms with Crippen molar-refractivity contribution in [1.82, 2.24) is 25.2 Å². The van der Waals surface area contributed by atoms with Crippen molar-refractivity contribution in [3.8, 4) is 11.5 Å². The molecule has 0 aromatic carbocycles. The standard InChI is InChI=1S/C24H36N6O/c1-17-18(2)27-21(20-9-7-8-12-25-20)28-22(17)30-13-10-19(11-14-30)23(31)26-15-24(3,4)16-29(5)6/h7-9,12,19H,10-11,13-16H2,1-6H3,(H,26,31). The van der Waals surface area contributed by atoms with Gasteiger partial charge < -0.3 is 15.1 Å². The number of hydrogen-bond donors (Lipinski definition) is 1. The van der Waals surface area contributed by atoms with Crippen LogP contribution in [0.25, 0.3) is 11.5 Å². The van der Waals surface area contributed by atoms with E-state index < -0.39 is 0 Å². The van der Waals surface area contributed by atoms with E-state index in [1.165, 1.54) is 0 Å². The highest BCUT2D eigenvalue weighted by molar-refractivity contribution is 5.79. The Labute approximate surface area is 186 Å². The molecule has 168 valence electrons. The van der Waals surface area contributed by atoms with Gasteiger partial charge in [0.15, 0.2) is 5.82 Å². The Morgan fingerprint density at radius 2 is 1.90 bits per heavy atom. The van der Waals surface area contributed by atoms with Crippen molar-refractivity contribution in [2.24, 2.45) is 11.3 Å². The third kappa shape index (κ3) is 6.00. The molecule has 2 aromatic heterocycles. The van der Waals surface area contributed by atoms with Crippen LogP contribution in [-0.2, 0) is 4.79 Å². The second kappa shape index (κ2) is 9.73. The molecular formula is C24H36N6O. The average molecular weight is 425 g/mol. The molecule has 7 nitrogen and oxygen atoms in total. The number of carbonyl (C=O) groups excluding carboxylic acids is 1. The van der Waals surface area contributed by atoms with Gasteiger partial charge in [0.2, 0.25) is 5.91 Å². The maximum absolute atomic E-state index is 12.8. The topological polar surface area (TPSA) is 74.2 Å². The molecule has 0 atom stereocenters. The molecule has 0 unspecified atom stereocenters. The molecular weight excluding hydrogens is 388 g/mol. The zero-order chi connectivity index (χ0) is 22.6. The summed E-state index contributed by atoms with van der Waals surface area (Å²) in [5, 5.41) is 3.19. The van der Waals surface area contributed by atoms with Crippen LogP contribution in [0.2, 0.25) is 0 Å². The fourth-order valence-electron chi connectivity index (χ4n) is 4.27. The van der Waals surface area contributed by atoms with Crippen LogP contribution in [0.5, 0.6) is 0 Å². The van der Waals surface area contributed by atoms with Crippen molar-refractivity contribution in [1.29, 1.82) is 0 Å². The summed E-state index contributed by atoms with van der Waals surface area (Å²) in [5.74, 6) is 1.85. The van der Waals surface area contributed by atoms with Crippen molar-refractivity contribution in [3.63, 3.8) is 0 Å². The largest absolute Gasteiger partial charge is 0.356 e. The maximum Gasteiger partial charge on any atom is 0.223 e. The molecule has 0 bridgehead atoms. The molecule has 2 aromatic rings. The van der Waals surface area contributed by atoms with Crippen LogP contribution in [0.3, 0.4) is 0 Å². The predicted octanol–water partition coefficient (Wildman–Crippen LogP) is 3.08. The number of aryl methyl sites for hydroxylation is 1. The van der Waals surface area contributed by atoms with E-state index in [-0.39, 0.29) is 17.2 Å². The molecule has 1 N–H and O–H groups in total. The van der Waals surface area contributed by atoms with Gasteiger partial charge in [-0.25, -0.2) is 9.97 Å². The first kappa shape index (κ1) is 23.1. The minimum Gasteiger partial charge on any atom is -0.356 e. The van der Waals surface area contributed by atoms with E-state index in [1.807, 2.05) is 25.1 Å². The normalized spacial score (nSPS) is 15.4. The van der Waals surface area contributed by atoms with Crippen LogP contribution >= 0.6 is 0 Å². The molecule has 0 saturated carbocycles. The smallest absolute Gasteiger partial charge is 0.223 e. The first-order valence-corrected chi connectivity index (χ1v) is 11.1. The molecule has 3 heterocycles. The summed E-state index contributed by atoms with van der Waals surface area (Å²) in [7, 11) is 4.13. The Kier molecular flexibility index (Phi) is 7.26. The Balaban J connectivity index is 1.63. The number of piperidine rings is 1. The average Bonchev–Trinajstić information content (AvgIpc) is 2.74. The lowest BCUT2D eigenvalue weighted by Gasteiger charge is -2.34. The Hall–Kier alpha value is -2.54. The predicted molar refractivity (Wildman–Crippen MR) is 125 cm³/mol. The fraction of sp³-hybridized carbons (Fsp3) is 0.583. The van der Waals surface area contributed by atoms with E-state index in [0.29, 0.717) is 12.4 Å². The SMILES string of the molecule is Cc1nc(-c2ccccn2)nc(N2CCC(C(=O)NCC(C)(C)CN(C)C)CC2)c1C. The molecule has 1 fully saturated rings. The highest BCUT2D eigenvalue weighted by Crippen LogP contribution is 2.28. The van der Waals surface area contributed by atoms with E-state index in [9.17, 15) is 4.79 Å². The Bertz CT molecular complexity index is 888. The summed E-state index contributed by atoms with van der Waals surface area (Å²) in [4.78, 5) is 31.1. The lowest BCUT2D eigenvalue weighted by molar-refractivity contribution is -0.126. The van der Waals surface area contributed by atoms with E-state index >= 15 is 0 Å². The van der Waals surface area contributed by atoms with Crippen LogP contribution in [-0.4, -0.2) is 66.0 Å². The zero-order valence-corrected chi connectivity index (χ0v) is 19.8. The molecule has 1 saturated heterocycles. The summed E-state index contributed by atoms with van der Waals surface area (Å²) in [6.07, 6.45) is 3.43. The number of pyridine rings is 1. The molecule has 0 radical (unpaired) electrons. The second-order valence-corrected chi connectivity index (χ2v) is 9.68. The first-order chi connectivity index (χ1) is 14.7. The van der Waals surface area contributed by atoms with Gasteiger partial charge in [0.25, 0.3) is 0 Å². The molecule has 0 aliphatic carbocycles. The van der Waals surface area contributed by atoms with E-state index in [4.69, 9.17) is 4.98 Å². The van der Waals surface area contributed by atoms with Crippen molar-refractivity contribution in [2.75, 3.05) is 45.2 Å². The van der Waals surface area contributed by atoms with Crippen molar-refractivity contribution >= 4 is 11.7 Å². The summed E-state index contributed by atoms with van der Waals surface area (Å²) < 4.78 is 0. The molecule has 3 rings (SSSR count). The van der Waals surface area contributed by atoms with Crippen LogP contribution < -0.4 is 10.2 Å².